The summed E-state index contributed by atoms with van der Waals surface area (Å²) >= 11 is 0. The lowest BCUT2D eigenvalue weighted by Crippen LogP contribution is -2.37. The molecule has 1 amide bonds. The molecule has 6 heteroatoms. The van der Waals surface area contributed by atoms with Crippen molar-refractivity contribution in [2.75, 3.05) is 31.6 Å². The van der Waals surface area contributed by atoms with Gasteiger partial charge in [0.25, 0.3) is 0 Å². The van der Waals surface area contributed by atoms with E-state index in [2.05, 4.69) is 0 Å². The number of likely N-dealkylation sites (N-methyl/N-ethyl adjacent to an activating group) is 1. The van der Waals surface area contributed by atoms with Gasteiger partial charge in [0.2, 0.25) is 5.91 Å². The third-order valence-corrected chi connectivity index (χ3v) is 3.60. The van der Waals surface area contributed by atoms with Crippen molar-refractivity contribution in [2.45, 2.75) is 19.4 Å². The number of nitrogens with zero attached hydrogens (tertiary/aromatic N) is 2. The minimum Gasteiger partial charge on any atom is -0.363 e. The maximum Gasteiger partial charge on any atom is 0.242 e. The number of anilines is 1. The Labute approximate surface area is 117 Å². The molecule has 1 aromatic rings. The minimum atomic E-state index is -0.954. The van der Waals surface area contributed by atoms with Crippen molar-refractivity contribution in [2.24, 2.45) is 5.73 Å². The van der Waals surface area contributed by atoms with Gasteiger partial charge in [-0.2, -0.15) is 0 Å². The second-order valence-corrected chi connectivity index (χ2v) is 5.02. The Bertz CT molecular complexity index is 501. The summed E-state index contributed by atoms with van der Waals surface area (Å²) in [5, 5.41) is 0. The normalized spacial score (nSPS) is 14.7. The predicted molar refractivity (Wildman–Crippen MR) is 73.3 cm³/mol. The summed E-state index contributed by atoms with van der Waals surface area (Å²) in [6.45, 7) is 1.48. The van der Waals surface area contributed by atoms with E-state index < -0.39 is 11.6 Å². The summed E-state index contributed by atoms with van der Waals surface area (Å²) in [5.41, 5.74) is 5.53. The number of amides is 1. The van der Waals surface area contributed by atoms with Crippen LogP contribution in [0.4, 0.5) is 14.5 Å². The van der Waals surface area contributed by atoms with Crippen LogP contribution in [-0.4, -0.2) is 37.5 Å². The Morgan fingerprint density at radius 1 is 1.30 bits per heavy atom. The fraction of sp³-hybridized carbons (Fsp3) is 0.500. The second kappa shape index (κ2) is 6.17. The lowest BCUT2D eigenvalue weighted by molar-refractivity contribution is -0.128. The third-order valence-electron chi connectivity index (χ3n) is 3.60. The molecule has 2 N–H and O–H groups in total. The predicted octanol–water partition coefficient (Wildman–Crippen LogP) is 1.48. The van der Waals surface area contributed by atoms with Crippen molar-refractivity contribution in [3.8, 4) is 0 Å². The van der Waals surface area contributed by atoms with Crippen molar-refractivity contribution in [1.82, 2.24) is 4.90 Å². The number of carbonyl (C=O) groups is 1. The van der Waals surface area contributed by atoms with E-state index in [1.807, 2.05) is 0 Å². The molecule has 1 aliphatic heterocycles. The van der Waals surface area contributed by atoms with Crippen LogP contribution in [0.25, 0.3) is 0 Å². The highest BCUT2D eigenvalue weighted by Gasteiger charge is 2.21. The first-order valence-electron chi connectivity index (χ1n) is 6.70. The van der Waals surface area contributed by atoms with E-state index in [0.29, 0.717) is 0 Å². The van der Waals surface area contributed by atoms with E-state index in [1.54, 1.807) is 11.9 Å². The molecule has 110 valence electrons. The van der Waals surface area contributed by atoms with Crippen LogP contribution in [0.15, 0.2) is 12.1 Å². The van der Waals surface area contributed by atoms with Gasteiger partial charge >= 0.3 is 0 Å². The van der Waals surface area contributed by atoms with E-state index in [0.717, 1.165) is 25.9 Å². The standard InChI is InChI=1S/C14H19F2N3O/c1-18(9-12(20)19-6-2-3-7-19)11-5-4-10(8-17)13(15)14(11)16/h4-5H,2-3,6-9,17H2,1H3. The fourth-order valence-electron chi connectivity index (χ4n) is 2.39. The fourth-order valence-corrected chi connectivity index (χ4v) is 2.39. The highest BCUT2D eigenvalue weighted by atomic mass is 19.2. The molecule has 0 spiro atoms. The number of halogens is 2. The van der Waals surface area contributed by atoms with Gasteiger partial charge in [0.15, 0.2) is 11.6 Å². The van der Waals surface area contributed by atoms with Crippen molar-refractivity contribution in [1.29, 1.82) is 0 Å². The molecule has 1 fully saturated rings. The summed E-state index contributed by atoms with van der Waals surface area (Å²) < 4.78 is 27.6. The second-order valence-electron chi connectivity index (χ2n) is 5.02. The van der Waals surface area contributed by atoms with Crippen LogP contribution in [0.1, 0.15) is 18.4 Å². The van der Waals surface area contributed by atoms with Gasteiger partial charge in [-0.3, -0.25) is 4.79 Å². The first kappa shape index (κ1) is 14.7. The molecule has 0 unspecified atom stereocenters. The average Bonchev–Trinajstić information content (AvgIpc) is 2.95. The highest BCUT2D eigenvalue weighted by Crippen LogP contribution is 2.23. The molecule has 0 saturated carbocycles. The molecule has 1 aromatic carbocycles. The SMILES string of the molecule is CN(CC(=O)N1CCCC1)c1ccc(CN)c(F)c1F. The maximum atomic E-state index is 13.9. The van der Waals surface area contributed by atoms with E-state index in [9.17, 15) is 13.6 Å². The first-order chi connectivity index (χ1) is 9.54. The number of nitrogens with two attached hydrogens (primary N) is 1. The van der Waals surface area contributed by atoms with Gasteiger partial charge in [0.05, 0.1) is 12.2 Å². The van der Waals surface area contributed by atoms with Crippen LogP contribution in [0.2, 0.25) is 0 Å². The molecule has 2 rings (SSSR count). The Morgan fingerprint density at radius 3 is 2.55 bits per heavy atom. The molecule has 0 aromatic heterocycles. The molecule has 1 aliphatic rings. The quantitative estimate of drug-likeness (QED) is 0.910. The number of carbonyl (C=O) groups excluding carboxylic acids is 1. The molecular weight excluding hydrogens is 264 g/mol. The lowest BCUT2D eigenvalue weighted by Gasteiger charge is -2.23. The Kier molecular flexibility index (Phi) is 4.54. The van der Waals surface area contributed by atoms with Gasteiger partial charge in [-0.15, -0.1) is 0 Å². The topological polar surface area (TPSA) is 49.6 Å². The van der Waals surface area contributed by atoms with E-state index in [1.165, 1.54) is 17.0 Å². The molecule has 0 aliphatic carbocycles. The summed E-state index contributed by atoms with van der Waals surface area (Å²) in [6, 6.07) is 2.91. The molecule has 4 nitrogen and oxygen atoms in total. The molecule has 1 heterocycles. The minimum absolute atomic E-state index is 0.0400. The van der Waals surface area contributed by atoms with Crippen LogP contribution >= 0.6 is 0 Å². The van der Waals surface area contributed by atoms with Crippen LogP contribution in [0.3, 0.4) is 0 Å². The van der Waals surface area contributed by atoms with E-state index in [4.69, 9.17) is 5.73 Å². The Hall–Kier alpha value is -1.69. The zero-order valence-electron chi connectivity index (χ0n) is 11.5. The van der Waals surface area contributed by atoms with Crippen molar-refractivity contribution in [3.63, 3.8) is 0 Å². The van der Waals surface area contributed by atoms with Gasteiger partial charge in [0.1, 0.15) is 0 Å². The number of rotatable bonds is 4. The zero-order chi connectivity index (χ0) is 14.7. The third kappa shape index (κ3) is 2.90. The van der Waals surface area contributed by atoms with Crippen molar-refractivity contribution in [3.05, 3.63) is 29.3 Å². The number of benzene rings is 1. The van der Waals surface area contributed by atoms with Gasteiger partial charge in [-0.25, -0.2) is 8.78 Å². The summed E-state index contributed by atoms with van der Waals surface area (Å²) in [4.78, 5) is 15.2. The summed E-state index contributed by atoms with van der Waals surface area (Å²) in [5.74, 6) is -1.96. The van der Waals surface area contributed by atoms with Crippen LogP contribution < -0.4 is 10.6 Å². The van der Waals surface area contributed by atoms with Crippen molar-refractivity contribution < 1.29 is 13.6 Å². The van der Waals surface area contributed by atoms with Crippen LogP contribution in [0, 0.1) is 11.6 Å². The number of hydrogen-bond donors (Lipinski definition) is 1. The zero-order valence-corrected chi connectivity index (χ0v) is 11.5. The largest absolute Gasteiger partial charge is 0.363 e. The molecule has 0 atom stereocenters. The summed E-state index contributed by atoms with van der Waals surface area (Å²) in [6.07, 6.45) is 2.01. The van der Waals surface area contributed by atoms with Gasteiger partial charge < -0.3 is 15.5 Å². The monoisotopic (exact) mass is 283 g/mol. The highest BCUT2D eigenvalue weighted by molar-refractivity contribution is 5.81. The van der Waals surface area contributed by atoms with E-state index in [-0.39, 0.29) is 30.2 Å². The number of hydrogen-bond acceptors (Lipinski definition) is 3. The van der Waals surface area contributed by atoms with Gasteiger partial charge in [-0.05, 0) is 18.9 Å². The smallest absolute Gasteiger partial charge is 0.242 e. The molecule has 20 heavy (non-hydrogen) atoms. The van der Waals surface area contributed by atoms with Crippen LogP contribution in [-0.2, 0) is 11.3 Å². The van der Waals surface area contributed by atoms with Gasteiger partial charge in [-0.1, -0.05) is 6.07 Å². The van der Waals surface area contributed by atoms with Crippen molar-refractivity contribution >= 4 is 11.6 Å². The first-order valence-corrected chi connectivity index (χ1v) is 6.70. The molecule has 0 radical (unpaired) electrons. The maximum absolute atomic E-state index is 13.9. The number of likely N-dealkylation sites (tertiary alicyclic amines) is 1. The van der Waals surface area contributed by atoms with Crippen LogP contribution in [0.5, 0.6) is 0 Å². The average molecular weight is 283 g/mol. The summed E-state index contributed by atoms with van der Waals surface area (Å²) in [7, 11) is 1.58. The van der Waals surface area contributed by atoms with Gasteiger partial charge in [0, 0.05) is 32.2 Å². The van der Waals surface area contributed by atoms with E-state index >= 15 is 0 Å². The molecule has 0 bridgehead atoms. The Balaban J connectivity index is 2.10. The molecular formula is C14H19F2N3O. The lowest BCUT2D eigenvalue weighted by atomic mass is 10.1. The Morgan fingerprint density at radius 2 is 1.95 bits per heavy atom. The molecule has 1 saturated heterocycles.